The molecule has 140 valence electrons. The lowest BCUT2D eigenvalue weighted by Gasteiger charge is -2.30. The molecule has 0 saturated carbocycles. The van der Waals surface area contributed by atoms with Gasteiger partial charge in [-0.3, -0.25) is 4.98 Å². The number of pyridine rings is 1. The summed E-state index contributed by atoms with van der Waals surface area (Å²) in [5.74, 6) is 0.936. The molecular weight excluding hydrogens is 322 g/mol. The average Bonchev–Trinajstić information content (AvgIpc) is 2.68. The van der Waals surface area contributed by atoms with Gasteiger partial charge in [0.15, 0.2) is 0 Å². The Bertz CT molecular complexity index is 620. The summed E-state index contributed by atoms with van der Waals surface area (Å²) in [5, 5.41) is 0. The van der Waals surface area contributed by atoms with Crippen molar-refractivity contribution in [3.05, 3.63) is 59.9 Å². The predicted octanol–water partition coefficient (Wildman–Crippen LogP) is 3.27. The lowest BCUT2D eigenvalue weighted by molar-refractivity contribution is 0.184. The molecule has 0 unspecified atom stereocenters. The van der Waals surface area contributed by atoms with Crippen molar-refractivity contribution in [2.75, 3.05) is 46.4 Å². The van der Waals surface area contributed by atoms with Crippen LogP contribution in [0.2, 0.25) is 0 Å². The monoisotopic (exact) mass is 353 g/mol. The molecule has 1 saturated heterocycles. The van der Waals surface area contributed by atoms with E-state index < -0.39 is 0 Å². The van der Waals surface area contributed by atoms with E-state index in [2.05, 4.69) is 51.2 Å². The van der Waals surface area contributed by atoms with E-state index >= 15 is 0 Å². The van der Waals surface area contributed by atoms with E-state index in [0.29, 0.717) is 0 Å². The normalized spacial score (nSPS) is 16.8. The van der Waals surface area contributed by atoms with Crippen molar-refractivity contribution in [3.63, 3.8) is 0 Å². The zero-order chi connectivity index (χ0) is 18.0. The third-order valence-corrected chi connectivity index (χ3v) is 5.18. The van der Waals surface area contributed by atoms with Crippen LogP contribution < -0.4 is 4.74 Å². The van der Waals surface area contributed by atoms with E-state index in [1.807, 2.05) is 12.3 Å². The Balaban J connectivity index is 1.37. The summed E-state index contributed by atoms with van der Waals surface area (Å²) in [4.78, 5) is 9.67. The Morgan fingerprint density at radius 1 is 0.846 bits per heavy atom. The lowest BCUT2D eigenvalue weighted by Crippen LogP contribution is -2.38. The van der Waals surface area contributed by atoms with Crippen molar-refractivity contribution in [2.45, 2.75) is 25.7 Å². The number of benzene rings is 1. The van der Waals surface area contributed by atoms with Crippen molar-refractivity contribution >= 4 is 0 Å². The van der Waals surface area contributed by atoms with Crippen LogP contribution in [0, 0.1) is 0 Å². The van der Waals surface area contributed by atoms with Crippen molar-refractivity contribution in [3.8, 4) is 5.75 Å². The molecule has 2 aromatic rings. The van der Waals surface area contributed by atoms with Gasteiger partial charge in [-0.15, -0.1) is 0 Å². The van der Waals surface area contributed by atoms with E-state index in [4.69, 9.17) is 4.74 Å². The van der Waals surface area contributed by atoms with Crippen LogP contribution in [0.5, 0.6) is 5.75 Å². The second-order valence-electron chi connectivity index (χ2n) is 7.06. The molecular formula is C22H31N3O. The Labute approximate surface area is 157 Å². The highest BCUT2D eigenvalue weighted by atomic mass is 16.5. The van der Waals surface area contributed by atoms with Crippen molar-refractivity contribution < 1.29 is 4.74 Å². The van der Waals surface area contributed by atoms with Crippen molar-refractivity contribution in [1.82, 2.24) is 14.8 Å². The van der Waals surface area contributed by atoms with Crippen molar-refractivity contribution in [2.24, 2.45) is 0 Å². The minimum absolute atomic E-state index is 0.936. The fourth-order valence-corrected chi connectivity index (χ4v) is 3.60. The molecule has 1 aromatic heterocycles. The average molecular weight is 354 g/mol. The first kappa shape index (κ1) is 18.9. The van der Waals surface area contributed by atoms with Gasteiger partial charge >= 0.3 is 0 Å². The Morgan fingerprint density at radius 3 is 2.08 bits per heavy atom. The second-order valence-corrected chi connectivity index (χ2v) is 7.06. The van der Waals surface area contributed by atoms with Crippen LogP contribution in [0.25, 0.3) is 0 Å². The smallest absolute Gasteiger partial charge is 0.118 e. The van der Waals surface area contributed by atoms with Crippen LogP contribution in [0.3, 0.4) is 0 Å². The number of rotatable bonds is 7. The zero-order valence-electron chi connectivity index (χ0n) is 15.9. The molecule has 4 nitrogen and oxygen atoms in total. The van der Waals surface area contributed by atoms with Gasteiger partial charge in [0.2, 0.25) is 0 Å². The highest BCUT2D eigenvalue weighted by Crippen LogP contribution is 2.13. The molecule has 1 aromatic carbocycles. The van der Waals surface area contributed by atoms with Crippen LogP contribution in [0.1, 0.15) is 24.1 Å². The van der Waals surface area contributed by atoms with Crippen LogP contribution in [-0.4, -0.2) is 61.2 Å². The highest BCUT2D eigenvalue weighted by Gasteiger charge is 2.13. The van der Waals surface area contributed by atoms with Gasteiger partial charge in [-0.25, -0.2) is 0 Å². The Hall–Kier alpha value is -1.91. The number of aromatic nitrogens is 1. The topological polar surface area (TPSA) is 28.6 Å². The standard InChI is InChI=1S/C22H31N3O/c1-26-22-9-7-20(8-10-22)11-18-24-14-4-16-25(17-5-15-24)19-12-21-6-2-3-13-23-21/h2-3,6-10,13H,4-5,11-12,14-19H2,1H3. The molecule has 3 rings (SSSR count). The number of hydrogen-bond acceptors (Lipinski definition) is 4. The molecule has 0 amide bonds. The first-order valence-corrected chi connectivity index (χ1v) is 9.81. The maximum absolute atomic E-state index is 5.23. The summed E-state index contributed by atoms with van der Waals surface area (Å²) in [6.45, 7) is 7.09. The van der Waals surface area contributed by atoms with Gasteiger partial charge in [-0.1, -0.05) is 18.2 Å². The van der Waals surface area contributed by atoms with Gasteiger partial charge in [0, 0.05) is 31.4 Å². The molecule has 26 heavy (non-hydrogen) atoms. The van der Waals surface area contributed by atoms with Crippen molar-refractivity contribution in [1.29, 1.82) is 0 Å². The minimum Gasteiger partial charge on any atom is -0.497 e. The summed E-state index contributed by atoms with van der Waals surface area (Å²) < 4.78 is 5.23. The summed E-state index contributed by atoms with van der Waals surface area (Å²) in [7, 11) is 1.72. The molecule has 1 fully saturated rings. The summed E-state index contributed by atoms with van der Waals surface area (Å²) in [6, 6.07) is 14.7. The predicted molar refractivity (Wildman–Crippen MR) is 107 cm³/mol. The number of hydrogen-bond donors (Lipinski definition) is 0. The van der Waals surface area contributed by atoms with Gasteiger partial charge in [-0.2, -0.15) is 0 Å². The lowest BCUT2D eigenvalue weighted by atomic mass is 10.1. The van der Waals surface area contributed by atoms with Gasteiger partial charge in [0.1, 0.15) is 5.75 Å². The largest absolute Gasteiger partial charge is 0.497 e. The number of methoxy groups -OCH3 is 1. The maximum atomic E-state index is 5.23. The van der Waals surface area contributed by atoms with E-state index in [1.54, 1.807) is 7.11 Å². The van der Waals surface area contributed by atoms with Crippen LogP contribution >= 0.6 is 0 Å². The third kappa shape index (κ3) is 6.11. The van der Waals surface area contributed by atoms with Gasteiger partial charge in [-0.05, 0) is 75.3 Å². The molecule has 0 radical (unpaired) electrons. The van der Waals surface area contributed by atoms with Crippen LogP contribution in [-0.2, 0) is 12.8 Å². The molecule has 1 aliphatic heterocycles. The fraction of sp³-hybridized carbons (Fsp3) is 0.500. The van der Waals surface area contributed by atoms with Crippen LogP contribution in [0.4, 0.5) is 0 Å². The SMILES string of the molecule is COc1ccc(CCN2CCCN(CCc3ccccn3)CCC2)cc1. The fourth-order valence-electron chi connectivity index (χ4n) is 3.60. The zero-order valence-corrected chi connectivity index (χ0v) is 15.9. The molecule has 2 heterocycles. The van der Waals surface area contributed by atoms with E-state index in [-0.39, 0.29) is 0 Å². The molecule has 0 N–H and O–H groups in total. The molecule has 4 heteroatoms. The molecule has 0 bridgehead atoms. The quantitative estimate of drug-likeness (QED) is 0.764. The summed E-state index contributed by atoms with van der Waals surface area (Å²) in [6.07, 6.45) is 6.58. The minimum atomic E-state index is 0.936. The summed E-state index contributed by atoms with van der Waals surface area (Å²) >= 11 is 0. The van der Waals surface area contributed by atoms with Gasteiger partial charge < -0.3 is 14.5 Å². The molecule has 1 aliphatic rings. The third-order valence-electron chi connectivity index (χ3n) is 5.18. The van der Waals surface area contributed by atoms with Gasteiger partial charge in [0.25, 0.3) is 0 Å². The first-order valence-electron chi connectivity index (χ1n) is 9.81. The molecule has 0 aliphatic carbocycles. The van der Waals surface area contributed by atoms with E-state index in [0.717, 1.165) is 31.7 Å². The Kier molecular flexibility index (Phi) is 7.47. The van der Waals surface area contributed by atoms with Gasteiger partial charge in [0.05, 0.1) is 7.11 Å². The maximum Gasteiger partial charge on any atom is 0.118 e. The van der Waals surface area contributed by atoms with Crippen LogP contribution in [0.15, 0.2) is 48.7 Å². The molecule has 0 atom stereocenters. The van der Waals surface area contributed by atoms with E-state index in [1.165, 1.54) is 50.3 Å². The number of nitrogens with zero attached hydrogens (tertiary/aromatic N) is 3. The summed E-state index contributed by atoms with van der Waals surface area (Å²) in [5.41, 5.74) is 2.60. The molecule has 0 spiro atoms. The highest BCUT2D eigenvalue weighted by molar-refractivity contribution is 5.27. The van der Waals surface area contributed by atoms with E-state index in [9.17, 15) is 0 Å². The number of ether oxygens (including phenoxy) is 1. The first-order chi connectivity index (χ1) is 12.8. The second kappa shape index (κ2) is 10.3. The Morgan fingerprint density at radius 2 is 1.50 bits per heavy atom.